The maximum absolute atomic E-state index is 13.5. The molecule has 0 fully saturated rings. The first-order valence-corrected chi connectivity index (χ1v) is 13.2. The predicted octanol–water partition coefficient (Wildman–Crippen LogP) is 3.75. The van der Waals surface area contributed by atoms with Crippen LogP contribution in [0.4, 0.5) is 5.69 Å². The zero-order valence-corrected chi connectivity index (χ0v) is 21.1. The number of hydrogen-bond donors (Lipinski definition) is 1. The van der Waals surface area contributed by atoms with Crippen LogP contribution in [-0.4, -0.2) is 50.5 Å². The third-order valence-electron chi connectivity index (χ3n) is 5.17. The number of rotatable bonds is 11. The number of amides is 2. The Labute approximate surface area is 201 Å². The van der Waals surface area contributed by atoms with Gasteiger partial charge in [-0.25, -0.2) is 8.42 Å². The second-order valence-corrected chi connectivity index (χ2v) is 10.3. The highest BCUT2D eigenvalue weighted by Crippen LogP contribution is 2.27. The van der Waals surface area contributed by atoms with Crippen molar-refractivity contribution in [2.24, 2.45) is 0 Å². The highest BCUT2D eigenvalue weighted by molar-refractivity contribution is 7.92. The van der Waals surface area contributed by atoms with Crippen LogP contribution in [0.2, 0.25) is 5.02 Å². The molecule has 0 spiro atoms. The number of carbonyl (C=O) groups excluding carboxylic acids is 2. The fraction of sp³-hybridized carbons (Fsp3) is 0.417. The minimum atomic E-state index is -3.81. The summed E-state index contributed by atoms with van der Waals surface area (Å²) in [5, 5.41) is 3.07. The lowest BCUT2D eigenvalue weighted by molar-refractivity contribution is -0.140. The molecule has 0 aliphatic rings. The molecule has 7 nitrogen and oxygen atoms in total. The Morgan fingerprint density at radius 2 is 1.79 bits per heavy atom. The maximum atomic E-state index is 13.5. The van der Waals surface area contributed by atoms with E-state index in [-0.39, 0.29) is 23.2 Å². The third-order valence-corrected chi connectivity index (χ3v) is 6.62. The Kier molecular flexibility index (Phi) is 9.73. The molecule has 0 aliphatic heterocycles. The average molecular weight is 494 g/mol. The number of benzene rings is 2. The van der Waals surface area contributed by atoms with Crippen molar-refractivity contribution in [2.45, 2.75) is 46.2 Å². The standard InChI is InChI=1S/C24H32ClN3O4S/c1-5-14-26-24(30)21(6-2)27(16-19-11-9-10-18(3)15-19)23(29)17-28(33(4,31)32)22-13-8-7-12-20(22)25/h7-13,15,21H,5-6,14,16-17H2,1-4H3,(H,26,30). The van der Waals surface area contributed by atoms with Crippen molar-refractivity contribution < 1.29 is 18.0 Å². The van der Waals surface area contributed by atoms with Crippen molar-refractivity contribution in [2.75, 3.05) is 23.7 Å². The van der Waals surface area contributed by atoms with E-state index < -0.39 is 28.5 Å². The second kappa shape index (κ2) is 12.0. The van der Waals surface area contributed by atoms with E-state index in [4.69, 9.17) is 11.6 Å². The van der Waals surface area contributed by atoms with E-state index in [0.717, 1.165) is 28.1 Å². The number of carbonyl (C=O) groups is 2. The fourth-order valence-corrected chi connectivity index (χ4v) is 4.69. The normalized spacial score (nSPS) is 12.2. The number of nitrogens with one attached hydrogen (secondary N) is 1. The average Bonchev–Trinajstić information content (AvgIpc) is 2.75. The zero-order chi connectivity index (χ0) is 24.6. The Hall–Kier alpha value is -2.58. The highest BCUT2D eigenvalue weighted by atomic mass is 35.5. The summed E-state index contributed by atoms with van der Waals surface area (Å²) in [4.78, 5) is 27.9. The van der Waals surface area contributed by atoms with Crippen LogP contribution >= 0.6 is 11.6 Å². The molecule has 0 saturated heterocycles. The van der Waals surface area contributed by atoms with Gasteiger partial charge in [0.2, 0.25) is 21.8 Å². The summed E-state index contributed by atoms with van der Waals surface area (Å²) < 4.78 is 26.1. The molecular weight excluding hydrogens is 462 g/mol. The summed E-state index contributed by atoms with van der Waals surface area (Å²) in [6.45, 7) is 5.94. The number of para-hydroxylation sites is 1. The Morgan fingerprint density at radius 3 is 2.36 bits per heavy atom. The molecule has 0 heterocycles. The van der Waals surface area contributed by atoms with Gasteiger partial charge in [-0.2, -0.15) is 0 Å². The van der Waals surface area contributed by atoms with E-state index in [1.54, 1.807) is 24.3 Å². The lowest BCUT2D eigenvalue weighted by Gasteiger charge is -2.33. The van der Waals surface area contributed by atoms with Gasteiger partial charge in [0.1, 0.15) is 12.6 Å². The molecule has 2 aromatic rings. The molecule has 9 heteroatoms. The van der Waals surface area contributed by atoms with E-state index in [1.807, 2.05) is 45.0 Å². The van der Waals surface area contributed by atoms with Crippen LogP contribution in [0.1, 0.15) is 37.8 Å². The van der Waals surface area contributed by atoms with E-state index in [1.165, 1.54) is 4.90 Å². The van der Waals surface area contributed by atoms with Gasteiger partial charge < -0.3 is 10.2 Å². The van der Waals surface area contributed by atoms with Gasteiger partial charge in [-0.05, 0) is 37.5 Å². The summed E-state index contributed by atoms with van der Waals surface area (Å²) in [5.41, 5.74) is 2.10. The number of sulfonamides is 1. The molecule has 1 N–H and O–H groups in total. The minimum absolute atomic E-state index is 0.179. The zero-order valence-electron chi connectivity index (χ0n) is 19.5. The minimum Gasteiger partial charge on any atom is -0.354 e. The number of halogens is 1. The number of nitrogens with zero attached hydrogens (tertiary/aromatic N) is 2. The quantitative estimate of drug-likeness (QED) is 0.516. The van der Waals surface area contributed by atoms with Crippen LogP contribution in [0.15, 0.2) is 48.5 Å². The predicted molar refractivity (Wildman–Crippen MR) is 133 cm³/mol. The number of aryl methyl sites for hydroxylation is 1. The van der Waals surface area contributed by atoms with Crippen molar-refractivity contribution >= 4 is 39.1 Å². The molecule has 1 atom stereocenters. The van der Waals surface area contributed by atoms with Crippen molar-refractivity contribution in [3.8, 4) is 0 Å². The van der Waals surface area contributed by atoms with Crippen LogP contribution in [0.3, 0.4) is 0 Å². The highest BCUT2D eigenvalue weighted by Gasteiger charge is 2.32. The van der Waals surface area contributed by atoms with Crippen molar-refractivity contribution in [3.63, 3.8) is 0 Å². The first kappa shape index (κ1) is 26.7. The van der Waals surface area contributed by atoms with Crippen LogP contribution in [0, 0.1) is 6.92 Å². The summed E-state index contributed by atoms with van der Waals surface area (Å²) in [7, 11) is -3.81. The van der Waals surface area contributed by atoms with E-state index in [9.17, 15) is 18.0 Å². The van der Waals surface area contributed by atoms with Gasteiger partial charge in [0.15, 0.2) is 0 Å². The molecule has 0 saturated carbocycles. The SMILES string of the molecule is CCCNC(=O)C(CC)N(Cc1cccc(C)c1)C(=O)CN(c1ccccc1Cl)S(C)(=O)=O. The number of hydrogen-bond acceptors (Lipinski definition) is 4. The van der Waals surface area contributed by atoms with Crippen molar-refractivity contribution in [3.05, 3.63) is 64.7 Å². The Balaban J connectivity index is 2.44. The first-order valence-electron chi connectivity index (χ1n) is 10.9. The molecule has 180 valence electrons. The third kappa shape index (κ3) is 7.47. The largest absolute Gasteiger partial charge is 0.354 e. The van der Waals surface area contributed by atoms with E-state index >= 15 is 0 Å². The monoisotopic (exact) mass is 493 g/mol. The van der Waals surface area contributed by atoms with Gasteiger partial charge in [0, 0.05) is 13.1 Å². The Bertz CT molecular complexity index is 1070. The Morgan fingerprint density at radius 1 is 1.09 bits per heavy atom. The molecule has 2 aromatic carbocycles. The van der Waals surface area contributed by atoms with Crippen molar-refractivity contribution in [1.82, 2.24) is 10.2 Å². The van der Waals surface area contributed by atoms with Crippen LogP contribution < -0.4 is 9.62 Å². The van der Waals surface area contributed by atoms with Gasteiger partial charge >= 0.3 is 0 Å². The van der Waals surface area contributed by atoms with Crippen LogP contribution in [-0.2, 0) is 26.2 Å². The van der Waals surface area contributed by atoms with E-state index in [0.29, 0.717) is 13.0 Å². The van der Waals surface area contributed by atoms with Gasteiger partial charge in [-0.1, -0.05) is 67.4 Å². The smallest absolute Gasteiger partial charge is 0.244 e. The van der Waals surface area contributed by atoms with Crippen molar-refractivity contribution in [1.29, 1.82) is 0 Å². The lowest BCUT2D eigenvalue weighted by atomic mass is 10.1. The molecular formula is C24H32ClN3O4S. The van der Waals surface area contributed by atoms with Crippen LogP contribution in [0.25, 0.3) is 0 Å². The van der Waals surface area contributed by atoms with Gasteiger partial charge in [-0.3, -0.25) is 13.9 Å². The molecule has 0 bridgehead atoms. The topological polar surface area (TPSA) is 86.8 Å². The maximum Gasteiger partial charge on any atom is 0.244 e. The van der Waals surface area contributed by atoms with Gasteiger partial charge in [-0.15, -0.1) is 0 Å². The molecule has 0 aromatic heterocycles. The molecule has 0 aliphatic carbocycles. The van der Waals surface area contributed by atoms with E-state index in [2.05, 4.69) is 5.32 Å². The van der Waals surface area contributed by atoms with Gasteiger partial charge in [0.25, 0.3) is 0 Å². The summed E-state index contributed by atoms with van der Waals surface area (Å²) >= 11 is 6.24. The molecule has 1 unspecified atom stereocenters. The molecule has 2 rings (SSSR count). The molecule has 33 heavy (non-hydrogen) atoms. The summed E-state index contributed by atoms with van der Waals surface area (Å²) in [5.74, 6) is -0.746. The molecule has 2 amide bonds. The van der Waals surface area contributed by atoms with Crippen LogP contribution in [0.5, 0.6) is 0 Å². The number of anilines is 1. The summed E-state index contributed by atoms with van der Waals surface area (Å²) in [6.07, 6.45) is 2.18. The first-order chi connectivity index (χ1) is 15.6. The van der Waals surface area contributed by atoms with Gasteiger partial charge in [0.05, 0.1) is 17.0 Å². The molecule has 0 radical (unpaired) electrons. The fourth-order valence-electron chi connectivity index (χ4n) is 3.54. The summed E-state index contributed by atoms with van der Waals surface area (Å²) in [6, 6.07) is 13.4. The second-order valence-electron chi connectivity index (χ2n) is 7.95. The lowest BCUT2D eigenvalue weighted by Crippen LogP contribution is -2.52.